The van der Waals surface area contributed by atoms with Gasteiger partial charge in [-0.25, -0.2) is 9.48 Å². The van der Waals surface area contributed by atoms with Crippen LogP contribution in [0.4, 0.5) is 16.3 Å². The second-order valence-corrected chi connectivity index (χ2v) is 9.48. The summed E-state index contributed by atoms with van der Waals surface area (Å²) in [4.78, 5) is 29.5. The number of hydrogen-bond donors (Lipinski definition) is 2. The summed E-state index contributed by atoms with van der Waals surface area (Å²) in [7, 11) is 1.62. The molecule has 11 heteroatoms. The van der Waals surface area contributed by atoms with Crippen LogP contribution in [0.25, 0.3) is 11.4 Å². The monoisotopic (exact) mass is 493 g/mol. The molecule has 0 aliphatic heterocycles. The number of hydrogen-bond acceptors (Lipinski definition) is 7. The van der Waals surface area contributed by atoms with Crippen molar-refractivity contribution in [2.24, 2.45) is 17.9 Å². The van der Waals surface area contributed by atoms with Crippen molar-refractivity contribution in [2.75, 3.05) is 10.6 Å². The summed E-state index contributed by atoms with van der Waals surface area (Å²) < 4.78 is 6.86. The molecule has 0 radical (unpaired) electrons. The summed E-state index contributed by atoms with van der Waals surface area (Å²) in [5.74, 6) is -0.0643. The zero-order valence-corrected chi connectivity index (χ0v) is 20.4. The minimum atomic E-state index is -1.03. The fraction of sp³-hybridized carbons (Fsp3) is 0.333. The molecule has 0 spiro atoms. The molecule has 35 heavy (non-hydrogen) atoms. The van der Waals surface area contributed by atoms with Gasteiger partial charge in [-0.2, -0.15) is 5.26 Å². The van der Waals surface area contributed by atoms with Gasteiger partial charge >= 0.3 is 6.09 Å². The van der Waals surface area contributed by atoms with E-state index in [9.17, 15) is 14.9 Å². The molecular formula is C24H24ClN7O3. The van der Waals surface area contributed by atoms with Crippen LogP contribution in [0.2, 0.25) is 5.02 Å². The Kier molecular flexibility index (Phi) is 6.21. The standard InChI is InChI=1S/C24H24ClN7O3/c1-14(16-7-5-6-8-17(16)25)35-22(34)29-20-19(30-31-32(20)4)18-10-9-15(11-27-18)28-21(33)24(13-26)12-23(24,2)3/h5-11,14H,12H2,1-4H3,(H,28,33)(H,29,34)/t14-,24?/m1/s1. The zero-order chi connectivity index (χ0) is 25.4. The van der Waals surface area contributed by atoms with Gasteiger partial charge < -0.3 is 10.1 Å². The maximum absolute atomic E-state index is 12.6. The Morgan fingerprint density at radius 1 is 1.23 bits per heavy atom. The Balaban J connectivity index is 1.45. The number of nitrogens with one attached hydrogen (secondary N) is 2. The van der Waals surface area contributed by atoms with Crippen LogP contribution in [0.3, 0.4) is 0 Å². The average Bonchev–Trinajstić information content (AvgIpc) is 3.24. The van der Waals surface area contributed by atoms with Crippen LogP contribution in [0.5, 0.6) is 0 Å². The molecule has 2 N–H and O–H groups in total. The van der Waals surface area contributed by atoms with Gasteiger partial charge in [0, 0.05) is 17.6 Å². The number of nitrogens with zero attached hydrogens (tertiary/aromatic N) is 5. The quantitative estimate of drug-likeness (QED) is 0.507. The molecule has 1 aromatic carbocycles. The molecule has 1 unspecified atom stereocenters. The summed E-state index contributed by atoms with van der Waals surface area (Å²) in [6.45, 7) is 5.50. The number of ether oxygens (including phenoxy) is 1. The highest BCUT2D eigenvalue weighted by molar-refractivity contribution is 6.31. The molecule has 2 aromatic heterocycles. The van der Waals surface area contributed by atoms with Crippen molar-refractivity contribution in [3.8, 4) is 17.5 Å². The highest BCUT2D eigenvalue weighted by atomic mass is 35.5. The van der Waals surface area contributed by atoms with Gasteiger partial charge in [-0.3, -0.25) is 15.1 Å². The third-order valence-electron chi connectivity index (χ3n) is 6.25. The number of nitriles is 1. The van der Waals surface area contributed by atoms with Crippen molar-refractivity contribution in [3.63, 3.8) is 0 Å². The first-order valence-corrected chi connectivity index (χ1v) is 11.3. The van der Waals surface area contributed by atoms with Crippen LogP contribution in [-0.4, -0.2) is 32.0 Å². The van der Waals surface area contributed by atoms with Crippen LogP contribution in [0.1, 0.15) is 38.9 Å². The normalized spacial score (nSPS) is 18.7. The Morgan fingerprint density at radius 2 is 1.94 bits per heavy atom. The molecule has 10 nitrogen and oxygen atoms in total. The van der Waals surface area contributed by atoms with Gasteiger partial charge in [0.1, 0.15) is 11.5 Å². The van der Waals surface area contributed by atoms with Crippen molar-refractivity contribution >= 4 is 35.1 Å². The van der Waals surface area contributed by atoms with Crippen LogP contribution >= 0.6 is 11.6 Å². The van der Waals surface area contributed by atoms with Crippen LogP contribution in [-0.2, 0) is 16.6 Å². The summed E-state index contributed by atoms with van der Waals surface area (Å²) >= 11 is 6.18. The fourth-order valence-electron chi connectivity index (χ4n) is 3.92. The number of pyridine rings is 1. The number of aromatic nitrogens is 4. The SMILES string of the molecule is C[C@@H](OC(=O)Nc1c(-c2ccc(NC(=O)C3(C#N)CC3(C)C)cn2)nnn1C)c1ccccc1Cl. The topological polar surface area (TPSA) is 135 Å². The Bertz CT molecular complexity index is 1330. The highest BCUT2D eigenvalue weighted by Gasteiger charge is 2.67. The van der Waals surface area contributed by atoms with Crippen molar-refractivity contribution in [3.05, 3.63) is 53.2 Å². The third-order valence-corrected chi connectivity index (χ3v) is 6.60. The lowest BCUT2D eigenvalue weighted by Crippen LogP contribution is -2.26. The first-order chi connectivity index (χ1) is 16.6. The molecule has 1 saturated carbocycles. The third kappa shape index (κ3) is 4.55. The van der Waals surface area contributed by atoms with E-state index in [1.54, 1.807) is 44.3 Å². The molecule has 1 fully saturated rings. The van der Waals surface area contributed by atoms with Crippen molar-refractivity contribution in [1.82, 2.24) is 20.0 Å². The Labute approximate surface area is 207 Å². The molecule has 0 saturated heterocycles. The molecule has 2 heterocycles. The van der Waals surface area contributed by atoms with E-state index in [1.165, 1.54) is 10.9 Å². The van der Waals surface area contributed by atoms with E-state index in [-0.39, 0.29) is 17.1 Å². The van der Waals surface area contributed by atoms with E-state index in [4.69, 9.17) is 16.3 Å². The summed E-state index contributed by atoms with van der Waals surface area (Å²) in [6, 6.07) is 12.5. The number of anilines is 2. The minimum Gasteiger partial charge on any atom is -0.441 e. The maximum atomic E-state index is 12.6. The van der Waals surface area contributed by atoms with E-state index in [0.29, 0.717) is 34.1 Å². The number of carbonyl (C=O) groups excluding carboxylic acids is 2. The summed E-state index contributed by atoms with van der Waals surface area (Å²) in [5, 5.41) is 23.4. The number of carbonyl (C=O) groups is 2. The van der Waals surface area contributed by atoms with Gasteiger partial charge in [0.15, 0.2) is 11.5 Å². The number of rotatable bonds is 6. The minimum absolute atomic E-state index is 0.286. The van der Waals surface area contributed by atoms with Gasteiger partial charge in [-0.15, -0.1) is 5.10 Å². The number of halogens is 1. The lowest BCUT2D eigenvalue weighted by atomic mass is 9.96. The van der Waals surface area contributed by atoms with E-state index in [1.807, 2.05) is 19.9 Å². The van der Waals surface area contributed by atoms with Crippen molar-refractivity contribution in [1.29, 1.82) is 5.26 Å². The smallest absolute Gasteiger partial charge is 0.413 e. The van der Waals surface area contributed by atoms with Crippen LogP contribution in [0.15, 0.2) is 42.6 Å². The van der Waals surface area contributed by atoms with Crippen molar-refractivity contribution < 1.29 is 14.3 Å². The molecule has 2 amide bonds. The molecule has 180 valence electrons. The maximum Gasteiger partial charge on any atom is 0.413 e. The van der Waals surface area contributed by atoms with Gasteiger partial charge in [0.05, 0.1) is 23.6 Å². The second-order valence-electron chi connectivity index (χ2n) is 9.07. The van der Waals surface area contributed by atoms with Crippen LogP contribution < -0.4 is 10.6 Å². The van der Waals surface area contributed by atoms with Gasteiger partial charge in [0.25, 0.3) is 0 Å². The van der Waals surface area contributed by atoms with Crippen LogP contribution in [0, 0.1) is 22.2 Å². The predicted molar refractivity (Wildman–Crippen MR) is 129 cm³/mol. The predicted octanol–water partition coefficient (Wildman–Crippen LogP) is 4.72. The van der Waals surface area contributed by atoms with E-state index in [2.05, 4.69) is 32.0 Å². The largest absolute Gasteiger partial charge is 0.441 e. The Morgan fingerprint density at radius 3 is 2.54 bits per heavy atom. The molecule has 1 aliphatic rings. The van der Waals surface area contributed by atoms with Gasteiger partial charge in [-0.1, -0.05) is 48.9 Å². The molecular weight excluding hydrogens is 470 g/mol. The first-order valence-electron chi connectivity index (χ1n) is 10.9. The number of amides is 2. The van der Waals surface area contributed by atoms with E-state index < -0.39 is 17.6 Å². The molecule has 1 aliphatic carbocycles. The molecule has 4 rings (SSSR count). The second kappa shape index (κ2) is 9.00. The van der Waals surface area contributed by atoms with Crippen molar-refractivity contribution in [2.45, 2.75) is 33.3 Å². The summed E-state index contributed by atoms with van der Waals surface area (Å²) in [5.41, 5.74) is 0.478. The fourth-order valence-corrected chi connectivity index (χ4v) is 4.21. The summed E-state index contributed by atoms with van der Waals surface area (Å²) in [6.07, 6.45) is 0.682. The van der Waals surface area contributed by atoms with E-state index in [0.717, 1.165) is 0 Å². The highest BCUT2D eigenvalue weighted by Crippen LogP contribution is 2.63. The Hall–Kier alpha value is -3.97. The lowest BCUT2D eigenvalue weighted by Gasteiger charge is -2.15. The molecule has 2 atom stereocenters. The zero-order valence-electron chi connectivity index (χ0n) is 19.7. The number of benzene rings is 1. The lowest BCUT2D eigenvalue weighted by molar-refractivity contribution is -0.120. The molecule has 0 bridgehead atoms. The van der Waals surface area contributed by atoms with E-state index >= 15 is 0 Å². The van der Waals surface area contributed by atoms with Gasteiger partial charge in [0.2, 0.25) is 5.91 Å². The average molecular weight is 494 g/mol. The molecule has 3 aromatic rings. The number of aryl methyl sites for hydroxylation is 1. The van der Waals surface area contributed by atoms with Gasteiger partial charge in [-0.05, 0) is 37.0 Å². The first kappa shape index (κ1) is 24.2.